The molecule has 0 aromatic heterocycles. The van der Waals surface area contributed by atoms with Crippen molar-refractivity contribution in [1.82, 2.24) is 4.90 Å². The van der Waals surface area contributed by atoms with Gasteiger partial charge >= 0.3 is 0 Å². The Balaban J connectivity index is 1.83. The second-order valence-electron chi connectivity index (χ2n) is 4.70. The standard InChI is InChI=1S/C14H13NO3S/c1-8(16)11-13(18)15-10(7-19-14(11)15)12(17)9-5-3-2-4-6-9/h2-8,11,14,16H,1H3/t8-,11+,14+/m1/s1. The molecule has 1 fully saturated rings. The van der Waals surface area contributed by atoms with Gasteiger partial charge in [0.2, 0.25) is 11.7 Å². The number of allylic oxidation sites excluding steroid dienone is 1. The summed E-state index contributed by atoms with van der Waals surface area (Å²) >= 11 is 1.43. The first-order chi connectivity index (χ1) is 9.11. The Morgan fingerprint density at radius 3 is 2.68 bits per heavy atom. The number of carbonyl (C=O) groups is 2. The first-order valence-electron chi connectivity index (χ1n) is 6.08. The smallest absolute Gasteiger partial charge is 0.236 e. The van der Waals surface area contributed by atoms with Crippen LogP contribution in [0.4, 0.5) is 0 Å². The van der Waals surface area contributed by atoms with Gasteiger partial charge in [-0.25, -0.2) is 0 Å². The number of aliphatic hydroxyl groups excluding tert-OH is 1. The summed E-state index contributed by atoms with van der Waals surface area (Å²) in [4.78, 5) is 25.8. The number of ketones is 1. The lowest BCUT2D eigenvalue weighted by Crippen LogP contribution is -2.60. The molecule has 0 bridgehead atoms. The molecule has 3 atom stereocenters. The number of hydrogen-bond donors (Lipinski definition) is 1. The molecule has 0 aliphatic carbocycles. The van der Waals surface area contributed by atoms with Gasteiger partial charge in [-0.05, 0) is 6.92 Å². The zero-order chi connectivity index (χ0) is 13.6. The number of hydrogen-bond acceptors (Lipinski definition) is 4. The molecule has 98 valence electrons. The van der Waals surface area contributed by atoms with Gasteiger partial charge in [-0.3, -0.25) is 14.5 Å². The lowest BCUT2D eigenvalue weighted by molar-refractivity contribution is -0.152. The highest BCUT2D eigenvalue weighted by atomic mass is 32.2. The second-order valence-corrected chi connectivity index (χ2v) is 5.69. The van der Waals surface area contributed by atoms with Crippen LogP contribution in [0.1, 0.15) is 17.3 Å². The third-order valence-corrected chi connectivity index (χ3v) is 4.59. The molecular weight excluding hydrogens is 262 g/mol. The van der Waals surface area contributed by atoms with Crippen molar-refractivity contribution in [3.63, 3.8) is 0 Å². The van der Waals surface area contributed by atoms with Crippen LogP contribution in [0.2, 0.25) is 0 Å². The summed E-state index contributed by atoms with van der Waals surface area (Å²) in [5.41, 5.74) is 0.992. The van der Waals surface area contributed by atoms with Crippen LogP contribution in [-0.4, -0.2) is 33.2 Å². The number of β-lactam (4-membered cyclic amide) rings is 1. The highest BCUT2D eigenvalue weighted by Gasteiger charge is 2.55. The Bertz CT molecular complexity index is 567. The summed E-state index contributed by atoms with van der Waals surface area (Å²) in [6.45, 7) is 1.61. The van der Waals surface area contributed by atoms with Crippen LogP contribution < -0.4 is 0 Å². The predicted molar refractivity (Wildman–Crippen MR) is 72.3 cm³/mol. The van der Waals surface area contributed by atoms with E-state index in [1.165, 1.54) is 16.7 Å². The molecule has 1 N–H and O–H groups in total. The van der Waals surface area contributed by atoms with Gasteiger partial charge in [-0.1, -0.05) is 30.3 Å². The van der Waals surface area contributed by atoms with Crippen molar-refractivity contribution in [1.29, 1.82) is 0 Å². The molecule has 0 radical (unpaired) electrons. The quantitative estimate of drug-likeness (QED) is 0.673. The second kappa shape index (κ2) is 4.51. The predicted octanol–water partition coefficient (Wildman–Crippen LogP) is 1.62. The van der Waals surface area contributed by atoms with E-state index in [2.05, 4.69) is 0 Å². The van der Waals surface area contributed by atoms with Crippen LogP contribution in [0.15, 0.2) is 41.4 Å². The SMILES string of the molecule is C[C@@H](O)[C@H]1C(=O)N2C(C(=O)c3ccccc3)=CS[C@@H]12. The highest BCUT2D eigenvalue weighted by molar-refractivity contribution is 8.03. The Kier molecular flexibility index (Phi) is 2.95. The summed E-state index contributed by atoms with van der Waals surface area (Å²) in [7, 11) is 0. The van der Waals surface area contributed by atoms with E-state index in [0.29, 0.717) is 11.3 Å². The highest BCUT2D eigenvalue weighted by Crippen LogP contribution is 2.46. The molecule has 2 aliphatic heterocycles. The molecule has 2 aliphatic rings. The molecule has 1 aromatic rings. The maximum absolute atomic E-state index is 12.3. The molecule has 3 rings (SSSR count). The minimum absolute atomic E-state index is 0.129. The van der Waals surface area contributed by atoms with Gasteiger partial charge in [-0.2, -0.15) is 0 Å². The molecule has 5 heteroatoms. The van der Waals surface area contributed by atoms with E-state index in [-0.39, 0.29) is 17.1 Å². The number of carbonyl (C=O) groups excluding carboxylic acids is 2. The monoisotopic (exact) mass is 275 g/mol. The molecule has 1 aromatic carbocycles. The number of thioether (sulfide) groups is 1. The lowest BCUT2D eigenvalue weighted by atomic mass is 9.91. The number of Topliss-reactive ketones (excluding diaryl/α,β-unsaturated/α-hetero) is 1. The Morgan fingerprint density at radius 2 is 2.05 bits per heavy atom. The van der Waals surface area contributed by atoms with Crippen molar-refractivity contribution in [3.05, 3.63) is 47.0 Å². The fourth-order valence-corrected chi connectivity index (χ4v) is 3.76. The molecule has 0 unspecified atom stereocenters. The minimum atomic E-state index is -0.680. The number of rotatable bonds is 3. The van der Waals surface area contributed by atoms with E-state index < -0.39 is 12.0 Å². The van der Waals surface area contributed by atoms with Crippen molar-refractivity contribution < 1.29 is 14.7 Å². The number of fused-ring (bicyclic) bond motifs is 1. The van der Waals surface area contributed by atoms with Gasteiger partial charge in [0, 0.05) is 11.0 Å². The Morgan fingerprint density at radius 1 is 1.37 bits per heavy atom. The van der Waals surface area contributed by atoms with E-state index in [9.17, 15) is 14.7 Å². The number of aliphatic hydroxyl groups is 1. The van der Waals surface area contributed by atoms with Gasteiger partial charge in [0.05, 0.1) is 17.7 Å². The third kappa shape index (κ3) is 1.81. The van der Waals surface area contributed by atoms with Gasteiger partial charge in [0.15, 0.2) is 0 Å². The Labute approximate surface area is 115 Å². The first kappa shape index (κ1) is 12.4. The number of nitrogens with zero attached hydrogens (tertiary/aromatic N) is 1. The summed E-state index contributed by atoms with van der Waals surface area (Å²) < 4.78 is 0. The van der Waals surface area contributed by atoms with E-state index in [0.717, 1.165) is 0 Å². The lowest BCUT2D eigenvalue weighted by Gasteiger charge is -2.44. The van der Waals surface area contributed by atoms with Crippen LogP contribution in [0, 0.1) is 5.92 Å². The van der Waals surface area contributed by atoms with Crippen molar-refractivity contribution in [2.45, 2.75) is 18.4 Å². The van der Waals surface area contributed by atoms with Gasteiger partial charge in [0.1, 0.15) is 5.37 Å². The fourth-order valence-electron chi connectivity index (χ4n) is 2.42. The zero-order valence-electron chi connectivity index (χ0n) is 10.3. The van der Waals surface area contributed by atoms with Gasteiger partial charge < -0.3 is 5.11 Å². The number of amides is 1. The zero-order valence-corrected chi connectivity index (χ0v) is 11.1. The van der Waals surface area contributed by atoms with Crippen LogP contribution in [0.5, 0.6) is 0 Å². The third-order valence-electron chi connectivity index (χ3n) is 3.45. The van der Waals surface area contributed by atoms with Crippen molar-refractivity contribution in [3.8, 4) is 0 Å². The molecular formula is C14H13NO3S. The summed E-state index contributed by atoms with van der Waals surface area (Å²) in [5, 5.41) is 11.2. The van der Waals surface area contributed by atoms with Crippen molar-refractivity contribution >= 4 is 23.5 Å². The summed E-state index contributed by atoms with van der Waals surface area (Å²) in [6.07, 6.45) is -0.680. The van der Waals surface area contributed by atoms with Crippen LogP contribution in [0.3, 0.4) is 0 Å². The Hall–Kier alpha value is -1.59. The average Bonchev–Trinajstić information content (AvgIpc) is 2.77. The topological polar surface area (TPSA) is 57.6 Å². The van der Waals surface area contributed by atoms with Crippen molar-refractivity contribution in [2.24, 2.45) is 5.92 Å². The summed E-state index contributed by atoms with van der Waals surface area (Å²) in [6, 6.07) is 8.90. The summed E-state index contributed by atoms with van der Waals surface area (Å²) in [5.74, 6) is -0.712. The van der Waals surface area contributed by atoms with Crippen LogP contribution in [0.25, 0.3) is 0 Å². The van der Waals surface area contributed by atoms with E-state index >= 15 is 0 Å². The number of benzene rings is 1. The largest absolute Gasteiger partial charge is 0.392 e. The molecule has 1 saturated heterocycles. The molecule has 4 nitrogen and oxygen atoms in total. The normalized spacial score (nSPS) is 26.5. The fraction of sp³-hybridized carbons (Fsp3) is 0.286. The van der Waals surface area contributed by atoms with Crippen LogP contribution in [-0.2, 0) is 4.79 Å². The maximum Gasteiger partial charge on any atom is 0.236 e. The minimum Gasteiger partial charge on any atom is -0.392 e. The van der Waals surface area contributed by atoms with E-state index in [1.807, 2.05) is 6.07 Å². The molecule has 19 heavy (non-hydrogen) atoms. The maximum atomic E-state index is 12.3. The van der Waals surface area contributed by atoms with E-state index in [1.54, 1.807) is 36.6 Å². The average molecular weight is 275 g/mol. The van der Waals surface area contributed by atoms with E-state index in [4.69, 9.17) is 0 Å². The van der Waals surface area contributed by atoms with Crippen LogP contribution >= 0.6 is 11.8 Å². The first-order valence-corrected chi connectivity index (χ1v) is 7.02. The van der Waals surface area contributed by atoms with Gasteiger partial charge in [0.25, 0.3) is 0 Å². The van der Waals surface area contributed by atoms with Crippen molar-refractivity contribution in [2.75, 3.05) is 0 Å². The van der Waals surface area contributed by atoms with Gasteiger partial charge in [-0.15, -0.1) is 11.8 Å². The molecule has 2 heterocycles. The molecule has 0 saturated carbocycles. The molecule has 0 spiro atoms. The molecule has 1 amide bonds.